The average molecular weight is 349 g/mol. The second-order valence-corrected chi connectivity index (χ2v) is 6.38. The average Bonchev–Trinajstić information content (AvgIpc) is 2.58. The maximum atomic E-state index is 12.1. The predicted molar refractivity (Wildman–Crippen MR) is 90.8 cm³/mol. The Bertz CT molecular complexity index is 618. The number of hydrogen-bond donors (Lipinski definition) is 0. The smallest absolute Gasteiger partial charge is 0.406 e. The molecule has 1 aromatic rings. The lowest BCUT2D eigenvalue weighted by Gasteiger charge is -2.26. The van der Waals surface area contributed by atoms with Gasteiger partial charge >= 0.3 is 6.36 Å². The van der Waals surface area contributed by atoms with E-state index in [4.69, 9.17) is 5.26 Å². The van der Waals surface area contributed by atoms with E-state index >= 15 is 0 Å². The van der Waals surface area contributed by atoms with Crippen LogP contribution in [0.5, 0.6) is 5.75 Å². The van der Waals surface area contributed by atoms with Crippen molar-refractivity contribution in [3.8, 4) is 11.8 Å². The van der Waals surface area contributed by atoms with Crippen molar-refractivity contribution < 1.29 is 17.9 Å². The van der Waals surface area contributed by atoms with Gasteiger partial charge in [-0.1, -0.05) is 30.4 Å². The fourth-order valence-electron chi connectivity index (χ4n) is 3.22. The number of alkyl halides is 3. The Balaban J connectivity index is 1.71. The topological polar surface area (TPSA) is 33.0 Å². The van der Waals surface area contributed by atoms with Gasteiger partial charge in [0.05, 0.1) is 6.07 Å². The minimum absolute atomic E-state index is 0.172. The molecule has 2 rings (SSSR count). The highest BCUT2D eigenvalue weighted by molar-refractivity contribution is 5.27. The van der Waals surface area contributed by atoms with Crippen LogP contribution < -0.4 is 4.74 Å². The molecule has 25 heavy (non-hydrogen) atoms. The van der Waals surface area contributed by atoms with E-state index in [0.29, 0.717) is 11.8 Å². The number of hydrogen-bond acceptors (Lipinski definition) is 2. The molecule has 0 bridgehead atoms. The number of nitrogens with zero attached hydrogens (tertiary/aromatic N) is 1. The van der Waals surface area contributed by atoms with E-state index in [9.17, 15) is 13.2 Å². The molecule has 1 aliphatic carbocycles. The lowest BCUT2D eigenvalue weighted by Crippen LogP contribution is -2.17. The Morgan fingerprint density at radius 2 is 1.76 bits per heavy atom. The number of aryl methyl sites for hydroxylation is 1. The molecule has 0 N–H and O–H groups in total. The Morgan fingerprint density at radius 3 is 2.36 bits per heavy atom. The molecule has 1 fully saturated rings. The Hall–Kier alpha value is -2.22. The summed E-state index contributed by atoms with van der Waals surface area (Å²) in [6, 6.07) is 8.12. The number of benzene rings is 1. The van der Waals surface area contributed by atoms with Crippen molar-refractivity contribution in [2.75, 3.05) is 0 Å². The highest BCUT2D eigenvalue weighted by atomic mass is 19.4. The van der Waals surface area contributed by atoms with Gasteiger partial charge < -0.3 is 4.74 Å². The number of allylic oxidation sites excluding steroid dienone is 4. The van der Waals surface area contributed by atoms with Crippen LogP contribution in [0.1, 0.15) is 37.7 Å². The maximum Gasteiger partial charge on any atom is 0.573 e. The highest BCUT2D eigenvalue weighted by Crippen LogP contribution is 2.32. The van der Waals surface area contributed by atoms with Gasteiger partial charge in [0, 0.05) is 6.08 Å². The number of halogens is 3. The number of ether oxygens (including phenoxy) is 1. The Morgan fingerprint density at radius 1 is 1.08 bits per heavy atom. The first-order valence-corrected chi connectivity index (χ1v) is 8.54. The largest absolute Gasteiger partial charge is 0.573 e. The number of nitriles is 1. The van der Waals surface area contributed by atoms with Crippen molar-refractivity contribution in [3.05, 3.63) is 54.1 Å². The normalized spacial score (nSPS) is 21.5. The van der Waals surface area contributed by atoms with Crippen molar-refractivity contribution in [3.63, 3.8) is 0 Å². The minimum Gasteiger partial charge on any atom is -0.406 e. The molecule has 1 aromatic carbocycles. The van der Waals surface area contributed by atoms with Crippen molar-refractivity contribution in [2.24, 2.45) is 11.8 Å². The molecule has 5 heteroatoms. The molecule has 0 amide bonds. The summed E-state index contributed by atoms with van der Waals surface area (Å²) in [5, 5.41) is 8.43. The molecule has 1 aliphatic rings. The van der Waals surface area contributed by atoms with Crippen LogP contribution >= 0.6 is 0 Å². The summed E-state index contributed by atoms with van der Waals surface area (Å²) in [6.07, 6.45) is 9.29. The molecule has 0 radical (unpaired) electrons. The van der Waals surface area contributed by atoms with E-state index in [0.717, 1.165) is 31.2 Å². The second kappa shape index (κ2) is 9.31. The summed E-state index contributed by atoms with van der Waals surface area (Å²) in [6.45, 7) is 0. The monoisotopic (exact) mass is 349 g/mol. The van der Waals surface area contributed by atoms with Crippen LogP contribution in [0.15, 0.2) is 48.6 Å². The Labute approximate surface area is 146 Å². The molecule has 1 saturated carbocycles. The molecule has 2 nitrogen and oxygen atoms in total. The van der Waals surface area contributed by atoms with Gasteiger partial charge in [-0.2, -0.15) is 5.26 Å². The van der Waals surface area contributed by atoms with Gasteiger partial charge in [-0.15, -0.1) is 13.2 Å². The molecular formula is C20H22F3NO. The van der Waals surface area contributed by atoms with E-state index in [-0.39, 0.29) is 5.75 Å². The van der Waals surface area contributed by atoms with E-state index in [1.807, 2.05) is 12.1 Å². The first kappa shape index (κ1) is 19.1. The van der Waals surface area contributed by atoms with Gasteiger partial charge in [0.1, 0.15) is 5.75 Å². The van der Waals surface area contributed by atoms with Crippen LogP contribution in [-0.2, 0) is 6.42 Å². The van der Waals surface area contributed by atoms with Crippen molar-refractivity contribution in [1.29, 1.82) is 5.26 Å². The van der Waals surface area contributed by atoms with Gasteiger partial charge in [0.2, 0.25) is 0 Å². The lowest BCUT2D eigenvalue weighted by molar-refractivity contribution is -0.274. The zero-order valence-corrected chi connectivity index (χ0v) is 14.0. The fourth-order valence-corrected chi connectivity index (χ4v) is 3.22. The molecule has 0 spiro atoms. The van der Waals surface area contributed by atoms with Crippen molar-refractivity contribution >= 4 is 0 Å². The summed E-state index contributed by atoms with van der Waals surface area (Å²) >= 11 is 0. The van der Waals surface area contributed by atoms with E-state index < -0.39 is 6.36 Å². The molecule has 0 aromatic heterocycles. The van der Waals surface area contributed by atoms with Crippen LogP contribution in [0.2, 0.25) is 0 Å². The van der Waals surface area contributed by atoms with Crippen molar-refractivity contribution in [2.45, 2.75) is 44.9 Å². The third-order valence-corrected chi connectivity index (χ3v) is 4.55. The zero-order valence-electron chi connectivity index (χ0n) is 14.0. The SMILES string of the molecule is N#CC=CC=CC1CCC(CCc2ccc(OC(F)(F)F)cc2)CC1. The minimum atomic E-state index is -4.64. The molecule has 0 unspecified atom stereocenters. The molecule has 0 saturated heterocycles. The van der Waals surface area contributed by atoms with Crippen molar-refractivity contribution in [1.82, 2.24) is 0 Å². The summed E-state index contributed by atoms with van der Waals surface area (Å²) in [4.78, 5) is 0. The molecule has 0 heterocycles. The molecule has 134 valence electrons. The van der Waals surface area contributed by atoms with Crippen LogP contribution in [0.25, 0.3) is 0 Å². The van der Waals surface area contributed by atoms with E-state index in [2.05, 4.69) is 10.8 Å². The number of rotatable bonds is 6. The van der Waals surface area contributed by atoms with Crippen LogP contribution in [0.4, 0.5) is 13.2 Å². The fraction of sp³-hybridized carbons (Fsp3) is 0.450. The molecule has 0 atom stereocenters. The standard InChI is InChI=1S/C20H22F3NO/c21-20(22,23)25-19-13-11-18(12-14-19)10-9-17-7-5-16(6-8-17)4-2-1-3-15-24/h1-4,11-14,16-17H,5-10H2. The highest BCUT2D eigenvalue weighted by Gasteiger charge is 2.30. The summed E-state index contributed by atoms with van der Waals surface area (Å²) in [5.74, 6) is 1.08. The third kappa shape index (κ3) is 7.47. The van der Waals surface area contributed by atoms with Gasteiger partial charge in [-0.05, 0) is 68.1 Å². The van der Waals surface area contributed by atoms with Gasteiger partial charge in [0.25, 0.3) is 0 Å². The Kier molecular flexibility index (Phi) is 7.12. The van der Waals surface area contributed by atoms with Gasteiger partial charge in [0.15, 0.2) is 0 Å². The van der Waals surface area contributed by atoms with E-state index in [1.54, 1.807) is 18.2 Å². The second-order valence-electron chi connectivity index (χ2n) is 6.38. The van der Waals surface area contributed by atoms with Crippen LogP contribution in [-0.4, -0.2) is 6.36 Å². The third-order valence-electron chi connectivity index (χ3n) is 4.55. The predicted octanol–water partition coefficient (Wildman–Crippen LogP) is 5.96. The first-order chi connectivity index (χ1) is 12.0. The molecular weight excluding hydrogens is 327 g/mol. The lowest BCUT2D eigenvalue weighted by atomic mass is 9.79. The van der Waals surface area contributed by atoms with Gasteiger partial charge in [-0.25, -0.2) is 0 Å². The van der Waals surface area contributed by atoms with Crippen LogP contribution in [0, 0.1) is 23.2 Å². The summed E-state index contributed by atoms with van der Waals surface area (Å²) in [7, 11) is 0. The summed E-state index contributed by atoms with van der Waals surface area (Å²) < 4.78 is 40.3. The zero-order chi connectivity index (χ0) is 18.1. The quantitative estimate of drug-likeness (QED) is 0.469. The van der Waals surface area contributed by atoms with E-state index in [1.165, 1.54) is 31.1 Å². The maximum absolute atomic E-state index is 12.1. The molecule has 0 aliphatic heterocycles. The summed E-state index contributed by atoms with van der Waals surface area (Å²) in [5.41, 5.74) is 1.04. The first-order valence-electron chi connectivity index (χ1n) is 8.54. The van der Waals surface area contributed by atoms with Crippen LogP contribution in [0.3, 0.4) is 0 Å². The van der Waals surface area contributed by atoms with Gasteiger partial charge in [-0.3, -0.25) is 0 Å².